The van der Waals surface area contributed by atoms with Crippen LogP contribution in [0.4, 0.5) is 5.69 Å². The van der Waals surface area contributed by atoms with E-state index in [9.17, 15) is 4.79 Å². The predicted octanol–water partition coefficient (Wildman–Crippen LogP) is 3.32. The summed E-state index contributed by atoms with van der Waals surface area (Å²) in [7, 11) is 0. The number of nitrogens with one attached hydrogen (secondary N) is 2. The number of para-hydroxylation sites is 1. The normalized spacial score (nSPS) is 10.4. The largest absolute Gasteiger partial charge is 0.380 e. The first-order chi connectivity index (χ1) is 12.2. The van der Waals surface area contributed by atoms with Gasteiger partial charge in [-0.3, -0.25) is 14.6 Å². The van der Waals surface area contributed by atoms with E-state index in [1.54, 1.807) is 29.8 Å². The molecule has 0 unspecified atom stereocenters. The van der Waals surface area contributed by atoms with E-state index in [1.165, 1.54) is 0 Å². The Labute approximate surface area is 149 Å². The third-order valence-corrected chi connectivity index (χ3v) is 4.28. The molecule has 0 fully saturated rings. The second kappa shape index (κ2) is 8.36. The number of anilines is 1. The Balaban J connectivity index is 1.58. The maximum Gasteiger partial charge on any atom is 0.276 e. The van der Waals surface area contributed by atoms with Gasteiger partial charge in [-0.1, -0.05) is 12.1 Å². The SMILES string of the molecule is Cc1nc(CONC(=O)c2ccccc2NCc2ccncc2)cs1. The fraction of sp³-hybridized carbons (Fsp3) is 0.167. The quantitative estimate of drug-likeness (QED) is 0.637. The second-order valence-electron chi connectivity index (χ2n) is 5.33. The average Bonchev–Trinajstić information content (AvgIpc) is 3.06. The zero-order chi connectivity index (χ0) is 17.5. The number of pyridine rings is 1. The molecule has 0 aliphatic rings. The van der Waals surface area contributed by atoms with Crippen LogP contribution in [0.5, 0.6) is 0 Å². The van der Waals surface area contributed by atoms with E-state index in [0.717, 1.165) is 22.0 Å². The van der Waals surface area contributed by atoms with Crippen LogP contribution < -0.4 is 10.8 Å². The van der Waals surface area contributed by atoms with Crippen LogP contribution in [0.1, 0.15) is 26.6 Å². The summed E-state index contributed by atoms with van der Waals surface area (Å²) in [6.45, 7) is 2.77. The Bertz CT molecular complexity index is 836. The van der Waals surface area contributed by atoms with Gasteiger partial charge in [-0.2, -0.15) is 0 Å². The lowest BCUT2D eigenvalue weighted by molar-refractivity contribution is 0.0224. The van der Waals surface area contributed by atoms with Crippen molar-refractivity contribution in [2.75, 3.05) is 5.32 Å². The number of hydrogen-bond acceptors (Lipinski definition) is 6. The number of carbonyl (C=O) groups excluding carboxylic acids is 1. The van der Waals surface area contributed by atoms with Gasteiger partial charge >= 0.3 is 0 Å². The molecule has 1 aromatic carbocycles. The van der Waals surface area contributed by atoms with Crippen molar-refractivity contribution in [1.29, 1.82) is 0 Å². The highest BCUT2D eigenvalue weighted by atomic mass is 32.1. The number of hydrogen-bond donors (Lipinski definition) is 2. The summed E-state index contributed by atoms with van der Waals surface area (Å²) >= 11 is 1.55. The van der Waals surface area contributed by atoms with Crippen molar-refractivity contribution in [3.05, 3.63) is 76.0 Å². The molecular weight excluding hydrogens is 336 g/mol. The number of nitrogens with zero attached hydrogens (tertiary/aromatic N) is 2. The molecular formula is C18H18N4O2S. The number of benzene rings is 1. The van der Waals surface area contributed by atoms with Crippen molar-refractivity contribution in [3.63, 3.8) is 0 Å². The molecule has 3 rings (SSSR count). The topological polar surface area (TPSA) is 76.1 Å². The minimum atomic E-state index is -0.301. The van der Waals surface area contributed by atoms with Crippen molar-refractivity contribution in [2.24, 2.45) is 0 Å². The fourth-order valence-corrected chi connectivity index (χ4v) is 2.84. The van der Waals surface area contributed by atoms with Gasteiger partial charge in [-0.25, -0.2) is 10.5 Å². The number of hydroxylamine groups is 1. The monoisotopic (exact) mass is 354 g/mol. The lowest BCUT2D eigenvalue weighted by Crippen LogP contribution is -2.24. The molecule has 0 saturated carbocycles. The second-order valence-corrected chi connectivity index (χ2v) is 6.39. The fourth-order valence-electron chi connectivity index (χ4n) is 2.24. The van der Waals surface area contributed by atoms with Crippen LogP contribution in [0, 0.1) is 6.92 Å². The molecule has 0 radical (unpaired) electrons. The highest BCUT2D eigenvalue weighted by Gasteiger charge is 2.11. The molecule has 7 heteroatoms. The summed E-state index contributed by atoms with van der Waals surface area (Å²) < 4.78 is 0. The smallest absolute Gasteiger partial charge is 0.276 e. The summed E-state index contributed by atoms with van der Waals surface area (Å²) in [5.41, 5.74) is 5.61. The molecule has 0 bridgehead atoms. The third-order valence-electron chi connectivity index (χ3n) is 3.46. The molecule has 2 aromatic heterocycles. The first-order valence-corrected chi connectivity index (χ1v) is 8.65. The van der Waals surface area contributed by atoms with E-state index in [-0.39, 0.29) is 12.5 Å². The molecule has 2 N–H and O–H groups in total. The number of carbonyl (C=O) groups is 1. The number of amides is 1. The minimum absolute atomic E-state index is 0.239. The van der Waals surface area contributed by atoms with Crippen molar-refractivity contribution < 1.29 is 9.63 Å². The lowest BCUT2D eigenvalue weighted by atomic mass is 10.1. The number of aromatic nitrogens is 2. The molecule has 0 spiro atoms. The van der Waals surface area contributed by atoms with Crippen molar-refractivity contribution in [3.8, 4) is 0 Å². The summed E-state index contributed by atoms with van der Waals surface area (Å²) in [4.78, 5) is 25.9. The van der Waals surface area contributed by atoms with Gasteiger partial charge in [-0.15, -0.1) is 11.3 Å². The van der Waals surface area contributed by atoms with E-state index >= 15 is 0 Å². The van der Waals surface area contributed by atoms with Gasteiger partial charge < -0.3 is 5.32 Å². The molecule has 3 aromatic rings. The van der Waals surface area contributed by atoms with E-state index in [0.29, 0.717) is 12.1 Å². The van der Waals surface area contributed by atoms with Gasteiger partial charge in [0.25, 0.3) is 5.91 Å². The van der Waals surface area contributed by atoms with Gasteiger partial charge in [0.15, 0.2) is 0 Å². The summed E-state index contributed by atoms with van der Waals surface area (Å²) in [6, 6.07) is 11.2. The van der Waals surface area contributed by atoms with Gasteiger partial charge in [-0.05, 0) is 36.8 Å². The van der Waals surface area contributed by atoms with Crippen LogP contribution in [0.3, 0.4) is 0 Å². The van der Waals surface area contributed by atoms with Crippen LogP contribution >= 0.6 is 11.3 Å². The molecule has 2 heterocycles. The molecule has 0 aliphatic heterocycles. The molecule has 1 amide bonds. The predicted molar refractivity (Wildman–Crippen MR) is 97.1 cm³/mol. The van der Waals surface area contributed by atoms with Crippen LogP contribution in [-0.2, 0) is 18.0 Å². The van der Waals surface area contributed by atoms with E-state index < -0.39 is 0 Å². The number of rotatable bonds is 7. The van der Waals surface area contributed by atoms with Gasteiger partial charge in [0.1, 0.15) is 6.61 Å². The Morgan fingerprint density at radius 2 is 2.00 bits per heavy atom. The van der Waals surface area contributed by atoms with Gasteiger partial charge in [0.05, 0.1) is 16.3 Å². The first kappa shape index (κ1) is 17.1. The number of thiazole rings is 1. The van der Waals surface area contributed by atoms with Gasteiger partial charge in [0.2, 0.25) is 0 Å². The summed E-state index contributed by atoms with van der Waals surface area (Å²) in [6.07, 6.45) is 3.48. The summed E-state index contributed by atoms with van der Waals surface area (Å²) in [5, 5.41) is 6.14. The van der Waals surface area contributed by atoms with Crippen molar-refractivity contribution in [1.82, 2.24) is 15.4 Å². The Morgan fingerprint density at radius 1 is 1.20 bits per heavy atom. The van der Waals surface area contributed by atoms with Crippen LogP contribution in [0.2, 0.25) is 0 Å². The lowest BCUT2D eigenvalue weighted by Gasteiger charge is -2.12. The minimum Gasteiger partial charge on any atom is -0.380 e. The van der Waals surface area contributed by atoms with Crippen molar-refractivity contribution >= 4 is 22.9 Å². The standard InChI is InChI=1S/C18H18N4O2S/c1-13-21-15(12-25-13)11-24-22-18(23)16-4-2-3-5-17(16)20-10-14-6-8-19-9-7-14/h2-9,12,20H,10-11H2,1H3,(H,22,23). The Hall–Kier alpha value is -2.77. The molecule has 25 heavy (non-hydrogen) atoms. The van der Waals surface area contributed by atoms with Crippen LogP contribution in [-0.4, -0.2) is 15.9 Å². The average molecular weight is 354 g/mol. The van der Waals surface area contributed by atoms with Crippen molar-refractivity contribution in [2.45, 2.75) is 20.1 Å². The first-order valence-electron chi connectivity index (χ1n) is 7.77. The van der Waals surface area contributed by atoms with E-state index in [4.69, 9.17) is 4.84 Å². The highest BCUT2D eigenvalue weighted by Crippen LogP contribution is 2.16. The van der Waals surface area contributed by atoms with Crippen LogP contribution in [0.25, 0.3) is 0 Å². The molecule has 0 atom stereocenters. The zero-order valence-electron chi connectivity index (χ0n) is 13.7. The number of aryl methyl sites for hydroxylation is 1. The molecule has 6 nitrogen and oxygen atoms in total. The van der Waals surface area contributed by atoms with E-state index in [2.05, 4.69) is 20.8 Å². The molecule has 0 aliphatic carbocycles. The Kier molecular flexibility index (Phi) is 5.71. The molecule has 128 valence electrons. The van der Waals surface area contributed by atoms with Gasteiger partial charge in [0, 0.05) is 30.0 Å². The Morgan fingerprint density at radius 3 is 2.76 bits per heavy atom. The van der Waals surface area contributed by atoms with Crippen LogP contribution in [0.15, 0.2) is 54.2 Å². The molecule has 0 saturated heterocycles. The highest BCUT2D eigenvalue weighted by molar-refractivity contribution is 7.09. The summed E-state index contributed by atoms with van der Waals surface area (Å²) in [5.74, 6) is -0.301. The van der Waals surface area contributed by atoms with E-state index in [1.807, 2.05) is 42.6 Å². The zero-order valence-corrected chi connectivity index (χ0v) is 14.5. The maximum absolute atomic E-state index is 12.4. The third kappa shape index (κ3) is 4.85. The maximum atomic E-state index is 12.4.